The Labute approximate surface area is 120 Å². The second kappa shape index (κ2) is 6.81. The molecule has 1 fully saturated rings. The fourth-order valence-electron chi connectivity index (χ4n) is 2.57. The van der Waals surface area contributed by atoms with E-state index >= 15 is 0 Å². The normalized spacial score (nSPS) is 18.9. The predicted octanol–water partition coefficient (Wildman–Crippen LogP) is 1.70. The van der Waals surface area contributed by atoms with Gasteiger partial charge in [0.2, 0.25) is 0 Å². The standard InChI is InChI=1S/C15H23N3O2/c1-3-12(2)18-8-6-17(7-9-18)11-13-4-5-16-14(10-13)15(19)20/h4-5,10,12H,3,6-9,11H2,1-2H3,(H,19,20). The molecule has 2 heterocycles. The lowest BCUT2D eigenvalue weighted by atomic mass is 10.1. The van der Waals surface area contributed by atoms with Gasteiger partial charge >= 0.3 is 5.97 Å². The van der Waals surface area contributed by atoms with Crippen molar-refractivity contribution in [3.63, 3.8) is 0 Å². The van der Waals surface area contributed by atoms with E-state index in [4.69, 9.17) is 5.11 Å². The van der Waals surface area contributed by atoms with Crippen LogP contribution >= 0.6 is 0 Å². The Bertz CT molecular complexity index is 456. The van der Waals surface area contributed by atoms with Crippen LogP contribution < -0.4 is 0 Å². The Morgan fingerprint density at radius 3 is 2.70 bits per heavy atom. The summed E-state index contributed by atoms with van der Waals surface area (Å²) in [4.78, 5) is 19.7. The quantitative estimate of drug-likeness (QED) is 0.887. The van der Waals surface area contributed by atoms with Gasteiger partial charge in [-0.25, -0.2) is 9.78 Å². The van der Waals surface area contributed by atoms with Gasteiger partial charge in [-0.1, -0.05) is 6.92 Å². The molecule has 5 nitrogen and oxygen atoms in total. The maximum atomic E-state index is 10.9. The first-order valence-corrected chi connectivity index (χ1v) is 7.24. The summed E-state index contributed by atoms with van der Waals surface area (Å²) in [6.45, 7) is 9.55. The summed E-state index contributed by atoms with van der Waals surface area (Å²) < 4.78 is 0. The van der Waals surface area contributed by atoms with E-state index < -0.39 is 5.97 Å². The monoisotopic (exact) mass is 277 g/mol. The molecule has 1 aromatic rings. The van der Waals surface area contributed by atoms with Gasteiger partial charge in [-0.3, -0.25) is 9.80 Å². The highest BCUT2D eigenvalue weighted by molar-refractivity contribution is 5.85. The van der Waals surface area contributed by atoms with Crippen molar-refractivity contribution in [1.82, 2.24) is 14.8 Å². The van der Waals surface area contributed by atoms with Gasteiger partial charge in [-0.2, -0.15) is 0 Å². The second-order valence-corrected chi connectivity index (χ2v) is 5.42. The van der Waals surface area contributed by atoms with Crippen LogP contribution in [0.5, 0.6) is 0 Å². The van der Waals surface area contributed by atoms with Crippen molar-refractivity contribution in [2.45, 2.75) is 32.9 Å². The number of pyridine rings is 1. The van der Waals surface area contributed by atoms with Gasteiger partial charge in [0.25, 0.3) is 0 Å². The molecule has 0 aromatic carbocycles. The van der Waals surface area contributed by atoms with Gasteiger partial charge < -0.3 is 5.11 Å². The number of hydrogen-bond donors (Lipinski definition) is 1. The molecule has 0 radical (unpaired) electrons. The third kappa shape index (κ3) is 3.77. The molecule has 5 heteroatoms. The van der Waals surface area contributed by atoms with Crippen molar-refractivity contribution < 1.29 is 9.90 Å². The van der Waals surface area contributed by atoms with Crippen LogP contribution in [0.4, 0.5) is 0 Å². The lowest BCUT2D eigenvalue weighted by Gasteiger charge is -2.37. The fraction of sp³-hybridized carbons (Fsp3) is 0.600. The third-order valence-electron chi connectivity index (χ3n) is 4.07. The smallest absolute Gasteiger partial charge is 0.354 e. The number of hydrogen-bond acceptors (Lipinski definition) is 4. The molecule has 0 spiro atoms. The Hall–Kier alpha value is -1.46. The maximum absolute atomic E-state index is 10.9. The molecule has 110 valence electrons. The predicted molar refractivity (Wildman–Crippen MR) is 77.8 cm³/mol. The van der Waals surface area contributed by atoms with Crippen molar-refractivity contribution in [3.05, 3.63) is 29.6 Å². The number of piperazine rings is 1. The van der Waals surface area contributed by atoms with Crippen LogP contribution in [0.3, 0.4) is 0 Å². The lowest BCUT2D eigenvalue weighted by molar-refractivity contribution is 0.0689. The van der Waals surface area contributed by atoms with Gasteiger partial charge in [-0.15, -0.1) is 0 Å². The minimum Gasteiger partial charge on any atom is -0.477 e. The molecule has 20 heavy (non-hydrogen) atoms. The largest absolute Gasteiger partial charge is 0.477 e. The van der Waals surface area contributed by atoms with Crippen molar-refractivity contribution in [3.8, 4) is 0 Å². The third-order valence-corrected chi connectivity index (χ3v) is 4.07. The van der Waals surface area contributed by atoms with Crippen LogP contribution in [-0.4, -0.2) is 58.1 Å². The Morgan fingerprint density at radius 1 is 1.40 bits per heavy atom. The van der Waals surface area contributed by atoms with E-state index in [2.05, 4.69) is 28.6 Å². The van der Waals surface area contributed by atoms with Gasteiger partial charge in [0.05, 0.1) is 0 Å². The zero-order valence-corrected chi connectivity index (χ0v) is 12.2. The highest BCUT2D eigenvalue weighted by Gasteiger charge is 2.20. The summed E-state index contributed by atoms with van der Waals surface area (Å²) >= 11 is 0. The van der Waals surface area contributed by atoms with Gasteiger partial charge in [-0.05, 0) is 31.0 Å². The van der Waals surface area contributed by atoms with E-state index in [9.17, 15) is 4.79 Å². The number of nitrogens with zero attached hydrogens (tertiary/aromatic N) is 3. The number of rotatable bonds is 5. The summed E-state index contributed by atoms with van der Waals surface area (Å²) in [5, 5.41) is 8.96. The first-order valence-electron chi connectivity index (χ1n) is 7.24. The summed E-state index contributed by atoms with van der Waals surface area (Å²) in [6.07, 6.45) is 2.76. The molecule has 1 aliphatic rings. The van der Waals surface area contributed by atoms with E-state index in [1.165, 1.54) is 6.42 Å². The number of carboxylic acid groups (broad SMARTS) is 1. The van der Waals surface area contributed by atoms with E-state index in [-0.39, 0.29) is 5.69 Å². The zero-order valence-electron chi connectivity index (χ0n) is 12.2. The van der Waals surface area contributed by atoms with Crippen molar-refractivity contribution in [2.24, 2.45) is 0 Å². The van der Waals surface area contributed by atoms with Gasteiger partial charge in [0, 0.05) is 45.0 Å². The molecule has 0 aliphatic carbocycles. The van der Waals surface area contributed by atoms with E-state index in [1.807, 2.05) is 6.07 Å². The average molecular weight is 277 g/mol. The molecule has 1 saturated heterocycles. The van der Waals surface area contributed by atoms with Crippen LogP contribution in [0.2, 0.25) is 0 Å². The van der Waals surface area contributed by atoms with Crippen molar-refractivity contribution in [2.75, 3.05) is 26.2 Å². The van der Waals surface area contributed by atoms with Gasteiger partial charge in [0.1, 0.15) is 5.69 Å². The molecule has 0 amide bonds. The van der Waals surface area contributed by atoms with Crippen LogP contribution in [-0.2, 0) is 6.54 Å². The molecule has 1 unspecified atom stereocenters. The Morgan fingerprint density at radius 2 is 2.10 bits per heavy atom. The molecule has 0 bridgehead atoms. The van der Waals surface area contributed by atoms with E-state index in [0.29, 0.717) is 6.04 Å². The molecular formula is C15H23N3O2. The van der Waals surface area contributed by atoms with Gasteiger partial charge in [0.15, 0.2) is 0 Å². The molecule has 2 rings (SSSR count). The van der Waals surface area contributed by atoms with E-state index in [0.717, 1.165) is 38.3 Å². The molecule has 1 N–H and O–H groups in total. The number of aromatic carboxylic acids is 1. The van der Waals surface area contributed by atoms with Crippen LogP contribution in [0.15, 0.2) is 18.3 Å². The number of carboxylic acids is 1. The maximum Gasteiger partial charge on any atom is 0.354 e. The summed E-state index contributed by atoms with van der Waals surface area (Å²) in [5.74, 6) is -0.964. The SMILES string of the molecule is CCC(C)N1CCN(Cc2ccnc(C(=O)O)c2)CC1. The van der Waals surface area contributed by atoms with Crippen LogP contribution in [0.25, 0.3) is 0 Å². The summed E-state index contributed by atoms with van der Waals surface area (Å²) in [6, 6.07) is 4.22. The van der Waals surface area contributed by atoms with Crippen LogP contribution in [0.1, 0.15) is 36.3 Å². The lowest BCUT2D eigenvalue weighted by Crippen LogP contribution is -2.49. The minimum absolute atomic E-state index is 0.126. The average Bonchev–Trinajstić information content (AvgIpc) is 2.47. The highest BCUT2D eigenvalue weighted by atomic mass is 16.4. The minimum atomic E-state index is -0.964. The van der Waals surface area contributed by atoms with Crippen molar-refractivity contribution in [1.29, 1.82) is 0 Å². The number of aromatic nitrogens is 1. The fourth-order valence-corrected chi connectivity index (χ4v) is 2.57. The topological polar surface area (TPSA) is 56.7 Å². The zero-order chi connectivity index (χ0) is 14.5. The summed E-state index contributed by atoms with van der Waals surface area (Å²) in [7, 11) is 0. The molecule has 1 atom stereocenters. The first kappa shape index (κ1) is 14.9. The Kier molecular flexibility index (Phi) is 5.09. The summed E-state index contributed by atoms with van der Waals surface area (Å²) in [5.41, 5.74) is 1.15. The van der Waals surface area contributed by atoms with Crippen LogP contribution in [0, 0.1) is 0 Å². The highest BCUT2D eigenvalue weighted by Crippen LogP contribution is 2.12. The van der Waals surface area contributed by atoms with E-state index in [1.54, 1.807) is 12.3 Å². The molecule has 0 saturated carbocycles. The second-order valence-electron chi connectivity index (χ2n) is 5.42. The Balaban J connectivity index is 1.89. The van der Waals surface area contributed by atoms with Crippen molar-refractivity contribution >= 4 is 5.97 Å². The molecule has 1 aliphatic heterocycles. The molecule has 1 aromatic heterocycles. The first-order chi connectivity index (χ1) is 9.60. The number of carbonyl (C=O) groups is 1. The molecular weight excluding hydrogens is 254 g/mol.